The standard InChI is InChI=1S/C7H12NO2/c1-7-8(3-5-9-2)4-6-10-7/h4,6H,3,5H2,1-2H3/q+1. The summed E-state index contributed by atoms with van der Waals surface area (Å²) in [6.07, 6.45) is 3.57. The van der Waals surface area contributed by atoms with Crippen LogP contribution < -0.4 is 4.57 Å². The molecule has 0 fully saturated rings. The van der Waals surface area contributed by atoms with Crippen LogP contribution in [0.4, 0.5) is 0 Å². The fourth-order valence-electron chi connectivity index (χ4n) is 0.797. The van der Waals surface area contributed by atoms with Gasteiger partial charge in [0.15, 0.2) is 12.8 Å². The molecule has 0 amide bonds. The third-order valence-corrected chi connectivity index (χ3v) is 1.42. The molecule has 0 aliphatic heterocycles. The zero-order valence-corrected chi connectivity index (χ0v) is 6.33. The van der Waals surface area contributed by atoms with Crippen LogP contribution in [0.3, 0.4) is 0 Å². The topological polar surface area (TPSA) is 26.2 Å². The fourth-order valence-corrected chi connectivity index (χ4v) is 0.797. The van der Waals surface area contributed by atoms with E-state index in [1.165, 1.54) is 0 Å². The van der Waals surface area contributed by atoms with E-state index in [-0.39, 0.29) is 0 Å². The summed E-state index contributed by atoms with van der Waals surface area (Å²) in [4.78, 5) is 0. The first-order valence-corrected chi connectivity index (χ1v) is 3.27. The third kappa shape index (κ3) is 1.57. The van der Waals surface area contributed by atoms with Gasteiger partial charge in [0.05, 0.1) is 6.92 Å². The van der Waals surface area contributed by atoms with Crippen LogP contribution in [0.25, 0.3) is 0 Å². The molecule has 0 atom stereocenters. The Morgan fingerprint density at radius 1 is 1.70 bits per heavy atom. The number of rotatable bonds is 3. The van der Waals surface area contributed by atoms with Crippen LogP contribution in [0.1, 0.15) is 5.89 Å². The first-order valence-electron chi connectivity index (χ1n) is 3.27. The van der Waals surface area contributed by atoms with E-state index < -0.39 is 0 Å². The first-order chi connectivity index (χ1) is 4.84. The minimum absolute atomic E-state index is 0.727. The number of aromatic nitrogens is 1. The molecule has 0 aromatic carbocycles. The number of methoxy groups -OCH3 is 1. The Labute approximate surface area is 60.2 Å². The largest absolute Gasteiger partial charge is 0.410 e. The van der Waals surface area contributed by atoms with Gasteiger partial charge in [0.2, 0.25) is 6.20 Å². The van der Waals surface area contributed by atoms with Crippen LogP contribution in [-0.2, 0) is 11.3 Å². The Balaban J connectivity index is 2.49. The van der Waals surface area contributed by atoms with Crippen molar-refractivity contribution >= 4 is 0 Å². The van der Waals surface area contributed by atoms with E-state index in [2.05, 4.69) is 0 Å². The van der Waals surface area contributed by atoms with Crippen LogP contribution >= 0.6 is 0 Å². The van der Waals surface area contributed by atoms with Gasteiger partial charge in [-0.15, -0.1) is 0 Å². The minimum atomic E-state index is 0.727. The molecule has 0 saturated heterocycles. The lowest BCUT2D eigenvalue weighted by molar-refractivity contribution is -0.707. The van der Waals surface area contributed by atoms with Crippen LogP contribution in [0.2, 0.25) is 0 Å². The lowest BCUT2D eigenvalue weighted by Crippen LogP contribution is -2.36. The molecule has 56 valence electrons. The summed E-state index contributed by atoms with van der Waals surface area (Å²) in [5.74, 6) is 0.914. The van der Waals surface area contributed by atoms with E-state index in [4.69, 9.17) is 9.15 Å². The monoisotopic (exact) mass is 142 g/mol. The molecule has 1 rings (SSSR count). The number of ether oxygens (including phenoxy) is 1. The van der Waals surface area contributed by atoms with Crippen molar-refractivity contribution in [3.63, 3.8) is 0 Å². The van der Waals surface area contributed by atoms with Crippen molar-refractivity contribution in [1.82, 2.24) is 0 Å². The summed E-state index contributed by atoms with van der Waals surface area (Å²) >= 11 is 0. The molecule has 0 radical (unpaired) electrons. The third-order valence-electron chi connectivity index (χ3n) is 1.42. The van der Waals surface area contributed by atoms with Crippen molar-refractivity contribution in [2.45, 2.75) is 13.5 Å². The van der Waals surface area contributed by atoms with Gasteiger partial charge in [0, 0.05) is 7.11 Å². The Hall–Kier alpha value is -0.830. The van der Waals surface area contributed by atoms with Crippen LogP contribution in [0.5, 0.6) is 0 Å². The molecule has 0 unspecified atom stereocenters. The van der Waals surface area contributed by atoms with Gasteiger partial charge in [0.25, 0.3) is 0 Å². The summed E-state index contributed by atoms with van der Waals surface area (Å²) in [5, 5.41) is 0. The van der Waals surface area contributed by atoms with Gasteiger partial charge < -0.3 is 9.15 Å². The molecule has 0 aliphatic carbocycles. The number of nitrogens with zero attached hydrogens (tertiary/aromatic N) is 1. The molecule has 0 spiro atoms. The average Bonchev–Trinajstić information content (AvgIpc) is 2.31. The highest BCUT2D eigenvalue weighted by Gasteiger charge is 2.06. The van der Waals surface area contributed by atoms with E-state index in [0.717, 1.165) is 19.0 Å². The van der Waals surface area contributed by atoms with Crippen molar-refractivity contribution in [3.8, 4) is 0 Å². The van der Waals surface area contributed by atoms with E-state index in [9.17, 15) is 0 Å². The smallest absolute Gasteiger partial charge is 0.343 e. The van der Waals surface area contributed by atoms with Crippen molar-refractivity contribution in [2.75, 3.05) is 13.7 Å². The van der Waals surface area contributed by atoms with Gasteiger partial charge in [-0.3, -0.25) is 0 Å². The van der Waals surface area contributed by atoms with E-state index in [0.29, 0.717) is 0 Å². The van der Waals surface area contributed by atoms with Gasteiger partial charge in [-0.2, -0.15) is 4.57 Å². The Morgan fingerprint density at radius 2 is 2.50 bits per heavy atom. The molecule has 0 N–H and O–H groups in total. The highest BCUT2D eigenvalue weighted by atomic mass is 16.5. The molecule has 3 heteroatoms. The summed E-state index contributed by atoms with van der Waals surface area (Å²) in [6.45, 7) is 3.51. The normalized spacial score (nSPS) is 10.2. The van der Waals surface area contributed by atoms with Crippen molar-refractivity contribution in [2.24, 2.45) is 0 Å². The molecular weight excluding hydrogens is 130 g/mol. The zero-order valence-electron chi connectivity index (χ0n) is 6.33. The Bertz CT molecular complexity index is 195. The van der Waals surface area contributed by atoms with Crippen molar-refractivity contribution < 1.29 is 13.7 Å². The summed E-state index contributed by atoms with van der Waals surface area (Å²) < 4.78 is 12.0. The van der Waals surface area contributed by atoms with Crippen molar-refractivity contribution in [1.29, 1.82) is 0 Å². The van der Waals surface area contributed by atoms with E-state index in [1.54, 1.807) is 13.4 Å². The van der Waals surface area contributed by atoms with Gasteiger partial charge in [-0.1, -0.05) is 0 Å². The maximum absolute atomic E-state index is 5.07. The molecule has 0 bridgehead atoms. The van der Waals surface area contributed by atoms with Gasteiger partial charge >= 0.3 is 5.89 Å². The Kier molecular flexibility index (Phi) is 2.45. The van der Waals surface area contributed by atoms with Gasteiger partial charge in [-0.05, 0) is 0 Å². The van der Waals surface area contributed by atoms with E-state index in [1.807, 2.05) is 17.7 Å². The number of aryl methyl sites for hydroxylation is 1. The zero-order chi connectivity index (χ0) is 7.40. The summed E-state index contributed by atoms with van der Waals surface area (Å²) in [6, 6.07) is 0. The fraction of sp³-hybridized carbons (Fsp3) is 0.571. The van der Waals surface area contributed by atoms with E-state index >= 15 is 0 Å². The average molecular weight is 142 g/mol. The molecular formula is C7H12NO2+. The lowest BCUT2D eigenvalue weighted by Gasteiger charge is -1.90. The summed E-state index contributed by atoms with van der Waals surface area (Å²) in [5.41, 5.74) is 0. The van der Waals surface area contributed by atoms with Crippen LogP contribution in [-0.4, -0.2) is 13.7 Å². The predicted molar refractivity (Wildman–Crippen MR) is 35.5 cm³/mol. The lowest BCUT2D eigenvalue weighted by atomic mass is 10.6. The van der Waals surface area contributed by atoms with Crippen molar-refractivity contribution in [3.05, 3.63) is 18.4 Å². The molecule has 10 heavy (non-hydrogen) atoms. The quantitative estimate of drug-likeness (QED) is 0.575. The molecule has 1 heterocycles. The number of oxazole rings is 1. The van der Waals surface area contributed by atoms with Gasteiger partial charge in [-0.25, -0.2) is 0 Å². The second kappa shape index (κ2) is 3.37. The highest BCUT2D eigenvalue weighted by Crippen LogP contribution is 1.87. The van der Waals surface area contributed by atoms with Crippen LogP contribution in [0.15, 0.2) is 16.9 Å². The first kappa shape index (κ1) is 7.28. The second-order valence-corrected chi connectivity index (χ2v) is 2.11. The molecule has 0 aliphatic rings. The van der Waals surface area contributed by atoms with Gasteiger partial charge in [0.1, 0.15) is 6.61 Å². The molecule has 1 aromatic rings. The van der Waals surface area contributed by atoms with Crippen LogP contribution in [0, 0.1) is 6.92 Å². The summed E-state index contributed by atoms with van der Waals surface area (Å²) in [7, 11) is 1.69. The predicted octanol–water partition coefficient (Wildman–Crippen LogP) is 0.522. The molecule has 0 saturated carbocycles. The number of hydrogen-bond donors (Lipinski definition) is 0. The molecule has 1 aromatic heterocycles. The number of hydrogen-bond acceptors (Lipinski definition) is 2. The second-order valence-electron chi connectivity index (χ2n) is 2.11. The Morgan fingerprint density at radius 3 is 3.00 bits per heavy atom. The minimum Gasteiger partial charge on any atom is -0.410 e. The molecule has 3 nitrogen and oxygen atoms in total. The maximum atomic E-state index is 5.07. The highest BCUT2D eigenvalue weighted by molar-refractivity contribution is 4.60. The SMILES string of the molecule is COCC[n+]1ccoc1C. The maximum Gasteiger partial charge on any atom is 0.343 e.